The van der Waals surface area contributed by atoms with Crippen LogP contribution in [-0.4, -0.2) is 16.0 Å². The maximum atomic E-state index is 10.5. The van der Waals surface area contributed by atoms with Gasteiger partial charge in [-0.3, -0.25) is 4.79 Å². The van der Waals surface area contributed by atoms with Gasteiger partial charge in [-0.25, -0.2) is 4.98 Å². The molecule has 3 aromatic rings. The molecule has 21 heavy (non-hydrogen) atoms. The van der Waals surface area contributed by atoms with Crippen molar-refractivity contribution in [3.8, 4) is 0 Å². The van der Waals surface area contributed by atoms with E-state index in [0.29, 0.717) is 6.41 Å². The molecule has 2 aromatic carbocycles. The second-order valence-electron chi connectivity index (χ2n) is 4.78. The van der Waals surface area contributed by atoms with Crippen molar-refractivity contribution in [2.75, 3.05) is 5.32 Å². The summed E-state index contributed by atoms with van der Waals surface area (Å²) in [5, 5.41) is 3.38. The summed E-state index contributed by atoms with van der Waals surface area (Å²) < 4.78 is 2.11. The lowest BCUT2D eigenvalue weighted by atomic mass is 10.1. The van der Waals surface area contributed by atoms with Crippen LogP contribution in [0.1, 0.15) is 5.56 Å². The van der Waals surface area contributed by atoms with Crippen molar-refractivity contribution < 1.29 is 4.79 Å². The number of amides is 1. The molecule has 0 saturated heterocycles. The van der Waals surface area contributed by atoms with Crippen LogP contribution in [0.5, 0.6) is 0 Å². The number of benzene rings is 2. The van der Waals surface area contributed by atoms with E-state index in [2.05, 4.69) is 14.9 Å². The van der Waals surface area contributed by atoms with Crippen molar-refractivity contribution >= 4 is 34.7 Å². The predicted octanol–water partition coefficient (Wildman–Crippen LogP) is 3.50. The zero-order valence-electron chi connectivity index (χ0n) is 11.3. The lowest BCUT2D eigenvalue weighted by Gasteiger charge is -2.05. The van der Waals surface area contributed by atoms with E-state index in [0.717, 1.165) is 34.7 Å². The van der Waals surface area contributed by atoms with Crippen LogP contribution in [0.15, 0.2) is 48.8 Å². The van der Waals surface area contributed by atoms with Gasteiger partial charge in [0.15, 0.2) is 0 Å². The van der Waals surface area contributed by atoms with Gasteiger partial charge in [0, 0.05) is 17.3 Å². The number of rotatable bonds is 5. The monoisotopic (exact) mass is 299 g/mol. The number of aromatic nitrogens is 2. The van der Waals surface area contributed by atoms with E-state index in [1.807, 2.05) is 48.8 Å². The van der Waals surface area contributed by atoms with Crippen LogP contribution < -0.4 is 5.32 Å². The lowest BCUT2D eigenvalue weighted by Crippen LogP contribution is -2.00. The highest BCUT2D eigenvalue weighted by Gasteiger charge is 2.04. The predicted molar refractivity (Wildman–Crippen MR) is 84.6 cm³/mol. The van der Waals surface area contributed by atoms with Crippen LogP contribution in [0.4, 0.5) is 5.69 Å². The molecule has 1 heterocycles. The van der Waals surface area contributed by atoms with Crippen LogP contribution in [0.25, 0.3) is 11.0 Å². The highest BCUT2D eigenvalue weighted by atomic mass is 35.5. The second-order valence-corrected chi connectivity index (χ2v) is 5.22. The third kappa shape index (κ3) is 3.06. The first-order chi connectivity index (χ1) is 10.3. The summed E-state index contributed by atoms with van der Waals surface area (Å²) in [6, 6.07) is 13.6. The van der Waals surface area contributed by atoms with Gasteiger partial charge in [-0.05, 0) is 42.3 Å². The molecule has 0 aliphatic heterocycles. The van der Waals surface area contributed by atoms with Crippen LogP contribution in [0, 0.1) is 0 Å². The fourth-order valence-electron chi connectivity index (χ4n) is 2.30. The Hall–Kier alpha value is -2.33. The summed E-state index contributed by atoms with van der Waals surface area (Å²) in [5.41, 5.74) is 3.92. The molecule has 0 fully saturated rings. The molecule has 0 radical (unpaired) electrons. The van der Waals surface area contributed by atoms with E-state index in [9.17, 15) is 4.79 Å². The van der Waals surface area contributed by atoms with E-state index < -0.39 is 0 Å². The molecule has 0 bridgehead atoms. The second kappa shape index (κ2) is 5.97. The molecule has 0 aliphatic rings. The average molecular weight is 300 g/mol. The van der Waals surface area contributed by atoms with Gasteiger partial charge in [-0.2, -0.15) is 0 Å². The minimum absolute atomic E-state index is 0.665. The Bertz CT molecular complexity index is 765. The Morgan fingerprint density at radius 1 is 1.19 bits per heavy atom. The Balaban J connectivity index is 1.78. The van der Waals surface area contributed by atoms with E-state index in [-0.39, 0.29) is 0 Å². The summed E-state index contributed by atoms with van der Waals surface area (Å²) in [5.74, 6) is 0. The minimum atomic E-state index is 0.665. The fourth-order valence-corrected chi connectivity index (χ4v) is 2.43. The molecular weight excluding hydrogens is 286 g/mol. The lowest BCUT2D eigenvalue weighted by molar-refractivity contribution is -0.105. The molecule has 0 aliphatic carbocycles. The van der Waals surface area contributed by atoms with Crippen molar-refractivity contribution in [2.24, 2.45) is 0 Å². The minimum Gasteiger partial charge on any atom is -0.330 e. The number of aryl methyl sites for hydroxylation is 2. The number of nitrogens with one attached hydrogen (secondary N) is 1. The maximum Gasteiger partial charge on any atom is 0.211 e. The molecular formula is C16H14ClN3O. The van der Waals surface area contributed by atoms with Crippen LogP contribution >= 0.6 is 11.6 Å². The topological polar surface area (TPSA) is 46.9 Å². The molecule has 1 N–H and O–H groups in total. The zero-order chi connectivity index (χ0) is 14.7. The SMILES string of the molecule is O=CNc1ccc2c(c1)ncn2CCc1ccc(Cl)cc1. The van der Waals surface area contributed by atoms with Gasteiger partial charge in [-0.1, -0.05) is 23.7 Å². The summed E-state index contributed by atoms with van der Waals surface area (Å²) >= 11 is 5.88. The molecule has 0 atom stereocenters. The molecule has 1 aromatic heterocycles. The first-order valence-corrected chi connectivity index (χ1v) is 7.03. The Morgan fingerprint density at radius 2 is 2.00 bits per heavy atom. The summed E-state index contributed by atoms with van der Waals surface area (Å²) in [7, 11) is 0. The molecule has 106 valence electrons. The normalized spacial score (nSPS) is 10.7. The van der Waals surface area contributed by atoms with Crippen molar-refractivity contribution in [2.45, 2.75) is 13.0 Å². The van der Waals surface area contributed by atoms with E-state index >= 15 is 0 Å². The summed E-state index contributed by atoms with van der Waals surface area (Å²) in [6.45, 7) is 0.846. The van der Waals surface area contributed by atoms with Gasteiger partial charge >= 0.3 is 0 Å². The molecule has 3 rings (SSSR count). The third-order valence-corrected chi connectivity index (χ3v) is 3.65. The van der Waals surface area contributed by atoms with Crippen molar-refractivity contribution in [1.82, 2.24) is 9.55 Å². The largest absolute Gasteiger partial charge is 0.330 e. The van der Waals surface area contributed by atoms with Gasteiger partial charge in [0.25, 0.3) is 0 Å². The van der Waals surface area contributed by atoms with Gasteiger partial charge in [0.2, 0.25) is 6.41 Å². The summed E-state index contributed by atoms with van der Waals surface area (Å²) in [6.07, 6.45) is 3.40. The molecule has 0 spiro atoms. The highest BCUT2D eigenvalue weighted by molar-refractivity contribution is 6.30. The standard InChI is InChI=1S/C16H14ClN3O/c17-13-3-1-12(2-4-13)7-8-20-10-18-15-9-14(19-11-21)5-6-16(15)20/h1-6,9-11H,7-8H2,(H,19,21). The van der Waals surface area contributed by atoms with Gasteiger partial charge < -0.3 is 9.88 Å². The Labute approximate surface area is 127 Å². The number of imidazole rings is 1. The number of nitrogens with zero attached hydrogens (tertiary/aromatic N) is 2. The average Bonchev–Trinajstić information content (AvgIpc) is 2.89. The first-order valence-electron chi connectivity index (χ1n) is 6.66. The van der Waals surface area contributed by atoms with Crippen molar-refractivity contribution in [3.05, 3.63) is 59.4 Å². The molecule has 1 amide bonds. The van der Waals surface area contributed by atoms with E-state index in [1.54, 1.807) is 0 Å². The maximum absolute atomic E-state index is 10.5. The smallest absolute Gasteiger partial charge is 0.211 e. The third-order valence-electron chi connectivity index (χ3n) is 3.40. The van der Waals surface area contributed by atoms with Crippen LogP contribution in [0.3, 0.4) is 0 Å². The molecule has 5 heteroatoms. The van der Waals surface area contributed by atoms with Gasteiger partial charge in [-0.15, -0.1) is 0 Å². The molecule has 0 saturated carbocycles. The Kier molecular flexibility index (Phi) is 3.88. The first kappa shape index (κ1) is 13.6. The van der Waals surface area contributed by atoms with Crippen LogP contribution in [0.2, 0.25) is 5.02 Å². The van der Waals surface area contributed by atoms with Crippen molar-refractivity contribution in [3.63, 3.8) is 0 Å². The fraction of sp³-hybridized carbons (Fsp3) is 0.125. The number of fused-ring (bicyclic) bond motifs is 1. The molecule has 0 unspecified atom stereocenters. The van der Waals surface area contributed by atoms with Crippen LogP contribution in [-0.2, 0) is 17.8 Å². The highest BCUT2D eigenvalue weighted by Crippen LogP contribution is 2.18. The quantitative estimate of drug-likeness (QED) is 0.733. The Morgan fingerprint density at radius 3 is 2.76 bits per heavy atom. The van der Waals surface area contributed by atoms with E-state index in [4.69, 9.17) is 11.6 Å². The molecule has 4 nitrogen and oxygen atoms in total. The van der Waals surface area contributed by atoms with Crippen molar-refractivity contribution in [1.29, 1.82) is 0 Å². The zero-order valence-corrected chi connectivity index (χ0v) is 12.0. The summed E-state index contributed by atoms with van der Waals surface area (Å²) in [4.78, 5) is 14.8. The number of anilines is 1. The van der Waals surface area contributed by atoms with Gasteiger partial charge in [0.1, 0.15) is 0 Å². The number of hydrogen-bond donors (Lipinski definition) is 1. The number of carbonyl (C=O) groups excluding carboxylic acids is 1. The number of carbonyl (C=O) groups is 1. The van der Waals surface area contributed by atoms with E-state index in [1.165, 1.54) is 5.56 Å². The van der Waals surface area contributed by atoms with Gasteiger partial charge in [0.05, 0.1) is 17.4 Å². The number of halogens is 1. The number of hydrogen-bond acceptors (Lipinski definition) is 2.